The van der Waals surface area contributed by atoms with Crippen molar-refractivity contribution in [1.82, 2.24) is 5.32 Å². The first kappa shape index (κ1) is 13.8. The van der Waals surface area contributed by atoms with Gasteiger partial charge in [0.2, 0.25) is 0 Å². The average molecular weight is 346 g/mol. The van der Waals surface area contributed by atoms with Gasteiger partial charge in [0.05, 0.1) is 0 Å². The van der Waals surface area contributed by atoms with Gasteiger partial charge in [-0.25, -0.2) is 0 Å². The number of fused-ring (bicyclic) bond motifs is 1. The lowest BCUT2D eigenvalue weighted by atomic mass is 10.0. The number of hydrogen-bond donors (Lipinski definition) is 1. The van der Waals surface area contributed by atoms with E-state index in [9.17, 15) is 0 Å². The van der Waals surface area contributed by atoms with Gasteiger partial charge in [-0.05, 0) is 56.7 Å². The summed E-state index contributed by atoms with van der Waals surface area (Å²) in [7, 11) is 0. The number of hydrogen-bond acceptors (Lipinski definition) is 2. The van der Waals surface area contributed by atoms with Gasteiger partial charge in [0, 0.05) is 21.9 Å². The van der Waals surface area contributed by atoms with Crippen LogP contribution in [0.1, 0.15) is 23.4 Å². The second-order valence-electron chi connectivity index (χ2n) is 4.90. The van der Waals surface area contributed by atoms with E-state index in [4.69, 9.17) is 0 Å². The van der Waals surface area contributed by atoms with E-state index in [2.05, 4.69) is 82.1 Å². The minimum atomic E-state index is 0.341. The van der Waals surface area contributed by atoms with Crippen molar-refractivity contribution >= 4 is 38.0 Å². The summed E-state index contributed by atoms with van der Waals surface area (Å²) in [4.78, 5) is 1.35. The molecule has 0 saturated carbocycles. The fraction of sp³-hybridized carbons (Fsp3) is 0.176. The number of nitrogens with one attached hydrogen (secondary N) is 1. The van der Waals surface area contributed by atoms with Gasteiger partial charge < -0.3 is 5.32 Å². The smallest absolute Gasteiger partial charge is 0.0327 e. The van der Waals surface area contributed by atoms with E-state index in [-0.39, 0.29) is 0 Å². The summed E-state index contributed by atoms with van der Waals surface area (Å²) in [5.41, 5.74) is 1.33. The average Bonchev–Trinajstić information content (AvgIpc) is 2.89. The second-order valence-corrected chi connectivity index (χ2v) is 6.76. The molecule has 0 aliphatic heterocycles. The highest BCUT2D eigenvalue weighted by Crippen LogP contribution is 2.24. The number of rotatable bonds is 4. The molecular formula is C17H16BrNS. The highest BCUT2D eigenvalue weighted by Gasteiger charge is 2.07. The lowest BCUT2D eigenvalue weighted by Gasteiger charge is -2.14. The first-order valence-electron chi connectivity index (χ1n) is 6.68. The Bertz CT molecular complexity index is 720. The van der Waals surface area contributed by atoms with Crippen molar-refractivity contribution in [3.05, 3.63) is 68.8 Å². The Morgan fingerprint density at radius 2 is 1.90 bits per heavy atom. The van der Waals surface area contributed by atoms with Gasteiger partial charge in [0.15, 0.2) is 0 Å². The topological polar surface area (TPSA) is 12.0 Å². The van der Waals surface area contributed by atoms with E-state index >= 15 is 0 Å². The fourth-order valence-electron chi connectivity index (χ4n) is 2.29. The van der Waals surface area contributed by atoms with Crippen LogP contribution in [0.4, 0.5) is 0 Å². The van der Waals surface area contributed by atoms with E-state index in [1.165, 1.54) is 25.7 Å². The van der Waals surface area contributed by atoms with E-state index in [0.717, 1.165) is 6.54 Å². The maximum absolute atomic E-state index is 3.59. The molecule has 3 rings (SSSR count). The maximum Gasteiger partial charge on any atom is 0.0327 e. The molecule has 102 valence electrons. The minimum absolute atomic E-state index is 0.341. The van der Waals surface area contributed by atoms with Gasteiger partial charge in [-0.15, -0.1) is 11.3 Å². The van der Waals surface area contributed by atoms with Crippen molar-refractivity contribution in [3.63, 3.8) is 0 Å². The fourth-order valence-corrected chi connectivity index (χ4v) is 3.74. The quantitative estimate of drug-likeness (QED) is 0.656. The van der Waals surface area contributed by atoms with Gasteiger partial charge in [0.25, 0.3) is 0 Å². The predicted molar refractivity (Wildman–Crippen MR) is 91.2 cm³/mol. The van der Waals surface area contributed by atoms with Crippen molar-refractivity contribution in [2.24, 2.45) is 0 Å². The molecule has 0 aliphatic carbocycles. The summed E-state index contributed by atoms with van der Waals surface area (Å²) in [6.45, 7) is 3.11. The molecule has 1 atom stereocenters. The summed E-state index contributed by atoms with van der Waals surface area (Å²) < 4.78 is 1.20. The van der Waals surface area contributed by atoms with E-state index in [0.29, 0.717) is 6.04 Å². The van der Waals surface area contributed by atoms with Crippen molar-refractivity contribution in [3.8, 4) is 0 Å². The van der Waals surface area contributed by atoms with Crippen LogP contribution < -0.4 is 5.32 Å². The molecule has 0 fully saturated rings. The highest BCUT2D eigenvalue weighted by molar-refractivity contribution is 9.10. The van der Waals surface area contributed by atoms with E-state index < -0.39 is 0 Å². The van der Waals surface area contributed by atoms with Crippen LogP contribution in [-0.2, 0) is 6.54 Å². The Labute approximate surface area is 131 Å². The van der Waals surface area contributed by atoms with Crippen LogP contribution in [0.25, 0.3) is 10.8 Å². The zero-order valence-electron chi connectivity index (χ0n) is 11.3. The normalized spacial score (nSPS) is 12.7. The zero-order valence-corrected chi connectivity index (χ0v) is 13.7. The number of benzene rings is 2. The van der Waals surface area contributed by atoms with Crippen molar-refractivity contribution in [2.75, 3.05) is 0 Å². The molecule has 0 saturated heterocycles. The third-order valence-corrected chi connectivity index (χ3v) is 5.46. The van der Waals surface area contributed by atoms with Crippen LogP contribution in [0.15, 0.2) is 58.4 Å². The molecule has 0 amide bonds. The SMILES string of the molecule is CC(NCc1sccc1Br)c1ccc2ccccc2c1. The van der Waals surface area contributed by atoms with Gasteiger partial charge >= 0.3 is 0 Å². The largest absolute Gasteiger partial charge is 0.305 e. The van der Waals surface area contributed by atoms with Gasteiger partial charge in [-0.2, -0.15) is 0 Å². The molecule has 0 radical (unpaired) electrons. The minimum Gasteiger partial charge on any atom is -0.305 e. The second kappa shape index (κ2) is 6.08. The third-order valence-electron chi connectivity index (χ3n) is 3.53. The Morgan fingerprint density at radius 1 is 1.10 bits per heavy atom. The Kier molecular flexibility index (Phi) is 4.20. The zero-order chi connectivity index (χ0) is 13.9. The molecule has 1 heterocycles. The molecule has 1 N–H and O–H groups in total. The summed E-state index contributed by atoms with van der Waals surface area (Å²) in [6, 6.07) is 17.6. The molecule has 1 aromatic heterocycles. The monoisotopic (exact) mass is 345 g/mol. The summed E-state index contributed by atoms with van der Waals surface area (Å²) >= 11 is 5.36. The van der Waals surface area contributed by atoms with Gasteiger partial charge in [-0.1, -0.05) is 36.4 Å². The molecule has 0 aliphatic rings. The van der Waals surface area contributed by atoms with Crippen LogP contribution in [0.5, 0.6) is 0 Å². The molecule has 3 aromatic rings. The predicted octanol–water partition coefficient (Wildman–Crippen LogP) is 5.51. The summed E-state index contributed by atoms with van der Waals surface area (Å²) in [6.07, 6.45) is 0. The van der Waals surface area contributed by atoms with Crippen molar-refractivity contribution in [2.45, 2.75) is 19.5 Å². The van der Waals surface area contributed by atoms with Crippen LogP contribution in [-0.4, -0.2) is 0 Å². The van der Waals surface area contributed by atoms with Crippen molar-refractivity contribution < 1.29 is 0 Å². The van der Waals surface area contributed by atoms with E-state index in [1.807, 2.05) is 0 Å². The van der Waals surface area contributed by atoms with Crippen LogP contribution in [0.3, 0.4) is 0 Å². The number of thiophene rings is 1. The lowest BCUT2D eigenvalue weighted by molar-refractivity contribution is 0.578. The molecule has 0 spiro atoms. The highest BCUT2D eigenvalue weighted by atomic mass is 79.9. The summed E-state index contributed by atoms with van der Waals surface area (Å²) in [5, 5.41) is 8.30. The molecule has 1 nitrogen and oxygen atoms in total. The van der Waals surface area contributed by atoms with E-state index in [1.54, 1.807) is 11.3 Å². The molecule has 0 bridgehead atoms. The van der Waals surface area contributed by atoms with Crippen molar-refractivity contribution in [1.29, 1.82) is 0 Å². The maximum atomic E-state index is 3.59. The Hall–Kier alpha value is -1.16. The van der Waals surface area contributed by atoms with Crippen LogP contribution in [0, 0.1) is 0 Å². The number of halogens is 1. The molecule has 3 heteroatoms. The molecule has 2 aromatic carbocycles. The van der Waals surface area contributed by atoms with Crippen LogP contribution >= 0.6 is 27.3 Å². The Morgan fingerprint density at radius 3 is 2.65 bits per heavy atom. The molecular weight excluding hydrogens is 330 g/mol. The first-order valence-corrected chi connectivity index (χ1v) is 8.35. The van der Waals surface area contributed by atoms with Gasteiger partial charge in [-0.3, -0.25) is 0 Å². The molecule has 1 unspecified atom stereocenters. The van der Waals surface area contributed by atoms with Gasteiger partial charge in [0.1, 0.15) is 0 Å². The lowest BCUT2D eigenvalue weighted by Crippen LogP contribution is -2.17. The first-order chi connectivity index (χ1) is 9.74. The standard InChI is InChI=1S/C17H16BrNS/c1-12(19-11-17-16(18)8-9-20-17)14-7-6-13-4-2-3-5-15(13)10-14/h2-10,12,19H,11H2,1H3. The third kappa shape index (κ3) is 2.95. The molecule has 20 heavy (non-hydrogen) atoms. The van der Waals surface area contributed by atoms with Crippen LogP contribution in [0.2, 0.25) is 0 Å². The Balaban J connectivity index is 1.75. The summed E-state index contributed by atoms with van der Waals surface area (Å²) in [5.74, 6) is 0.